The summed E-state index contributed by atoms with van der Waals surface area (Å²) >= 11 is 0. The van der Waals surface area contributed by atoms with Gasteiger partial charge in [-0.15, -0.1) is 0 Å². The average Bonchev–Trinajstić information content (AvgIpc) is 3.11. The van der Waals surface area contributed by atoms with E-state index in [1.165, 1.54) is 31.1 Å². The monoisotopic (exact) mass is 495 g/mol. The molecule has 1 aromatic carbocycles. The summed E-state index contributed by atoms with van der Waals surface area (Å²) in [6.45, 7) is 2.48. The van der Waals surface area contributed by atoms with Crippen LogP contribution in [0.5, 0.6) is 0 Å². The van der Waals surface area contributed by atoms with E-state index >= 15 is 4.39 Å². The highest BCUT2D eigenvalue weighted by atomic mass is 19.1. The molecule has 2 saturated carbocycles. The van der Waals surface area contributed by atoms with Crippen LogP contribution in [0.4, 0.5) is 10.2 Å². The number of imidazole rings is 1. The van der Waals surface area contributed by atoms with E-state index < -0.39 is 47.6 Å². The number of nitrogens with one attached hydrogen (secondary N) is 1. The van der Waals surface area contributed by atoms with Gasteiger partial charge in [0.15, 0.2) is 35.0 Å². The summed E-state index contributed by atoms with van der Waals surface area (Å²) in [7, 11) is 0. The number of carbonyl (C=O) groups is 3. The van der Waals surface area contributed by atoms with Crippen LogP contribution in [0, 0.1) is 5.92 Å². The molecule has 2 aromatic heterocycles. The molecule has 36 heavy (non-hydrogen) atoms. The van der Waals surface area contributed by atoms with Gasteiger partial charge in [0.05, 0.1) is 6.33 Å². The van der Waals surface area contributed by atoms with Crippen molar-refractivity contribution in [2.75, 3.05) is 5.32 Å². The standard InChI is InChI=1S/C24H22FN5O6/c1-12(31)35-23-8-15(23)9-24(36-13(2)32)17(25)21(34-22(23)24)30-11-28-16-18(26-10-27-19(16)30)29-20(33)14-6-4-3-5-7-14/h3-7,10-11,15,17,21-22H,8-9H2,1-2H3,(H,26,27,29,33)/t15-,17+,21+,22+,23+,24-/m0/s1. The minimum Gasteiger partial charge on any atom is -0.456 e. The van der Waals surface area contributed by atoms with Gasteiger partial charge in [0, 0.05) is 25.3 Å². The Hall–Kier alpha value is -3.93. The molecule has 0 bridgehead atoms. The minimum absolute atomic E-state index is 0.148. The molecule has 11 nitrogen and oxygen atoms in total. The Morgan fingerprint density at radius 1 is 1.06 bits per heavy atom. The van der Waals surface area contributed by atoms with Gasteiger partial charge in [0.2, 0.25) is 0 Å². The zero-order valence-corrected chi connectivity index (χ0v) is 19.4. The molecular weight excluding hydrogens is 473 g/mol. The highest BCUT2D eigenvalue weighted by Crippen LogP contribution is 2.69. The molecule has 1 amide bonds. The second kappa shape index (κ2) is 7.79. The number of fused-ring (bicyclic) bond motifs is 4. The van der Waals surface area contributed by atoms with Gasteiger partial charge in [-0.25, -0.2) is 19.3 Å². The van der Waals surface area contributed by atoms with Crippen LogP contribution in [0.25, 0.3) is 11.2 Å². The maximum absolute atomic E-state index is 16.2. The third kappa shape index (κ3) is 3.20. The normalized spacial score (nSPS) is 32.0. The van der Waals surface area contributed by atoms with E-state index in [-0.39, 0.29) is 29.3 Å². The van der Waals surface area contributed by atoms with Crippen molar-refractivity contribution in [1.82, 2.24) is 19.5 Å². The van der Waals surface area contributed by atoms with E-state index in [0.29, 0.717) is 12.0 Å². The summed E-state index contributed by atoms with van der Waals surface area (Å²) < 4.78 is 34.8. The van der Waals surface area contributed by atoms with E-state index in [1.54, 1.807) is 30.3 Å². The number of hydrogen-bond donors (Lipinski definition) is 1. The first-order valence-electron chi connectivity index (χ1n) is 11.5. The number of aromatic nitrogens is 4. The van der Waals surface area contributed by atoms with Crippen LogP contribution in [0.2, 0.25) is 0 Å². The molecule has 3 aliphatic rings. The van der Waals surface area contributed by atoms with Crippen molar-refractivity contribution in [3.05, 3.63) is 48.5 Å². The maximum atomic E-state index is 16.2. The van der Waals surface area contributed by atoms with Gasteiger partial charge in [-0.3, -0.25) is 19.0 Å². The van der Waals surface area contributed by atoms with Crippen molar-refractivity contribution < 1.29 is 33.0 Å². The van der Waals surface area contributed by atoms with E-state index in [0.717, 1.165) is 0 Å². The second-order valence-electron chi connectivity index (χ2n) is 9.38. The molecule has 12 heteroatoms. The zero-order chi connectivity index (χ0) is 25.2. The summed E-state index contributed by atoms with van der Waals surface area (Å²) in [6.07, 6.45) is -0.810. The first kappa shape index (κ1) is 22.5. The predicted molar refractivity (Wildman–Crippen MR) is 120 cm³/mol. The number of rotatable bonds is 5. The summed E-state index contributed by atoms with van der Waals surface area (Å²) in [4.78, 5) is 49.1. The summed E-state index contributed by atoms with van der Waals surface area (Å²) in [5.41, 5.74) is -1.77. The molecule has 0 unspecified atom stereocenters. The highest BCUT2D eigenvalue weighted by Gasteiger charge is 2.83. The van der Waals surface area contributed by atoms with E-state index in [2.05, 4.69) is 20.3 Å². The van der Waals surface area contributed by atoms with Crippen molar-refractivity contribution in [2.45, 2.75) is 56.4 Å². The maximum Gasteiger partial charge on any atom is 0.303 e. The quantitative estimate of drug-likeness (QED) is 0.529. The number of ether oxygens (including phenoxy) is 3. The van der Waals surface area contributed by atoms with Crippen LogP contribution in [0.15, 0.2) is 43.0 Å². The lowest BCUT2D eigenvalue weighted by Crippen LogP contribution is -2.51. The van der Waals surface area contributed by atoms with Gasteiger partial charge in [-0.1, -0.05) is 18.2 Å². The molecular formula is C24H22FN5O6. The first-order valence-corrected chi connectivity index (χ1v) is 11.5. The molecule has 6 atom stereocenters. The number of carbonyl (C=O) groups excluding carboxylic acids is 3. The van der Waals surface area contributed by atoms with E-state index in [9.17, 15) is 14.4 Å². The van der Waals surface area contributed by atoms with Crippen molar-refractivity contribution in [2.24, 2.45) is 5.92 Å². The average molecular weight is 495 g/mol. The van der Waals surface area contributed by atoms with Crippen LogP contribution in [-0.2, 0) is 23.8 Å². The van der Waals surface area contributed by atoms with Gasteiger partial charge in [-0.05, 0) is 25.0 Å². The highest BCUT2D eigenvalue weighted by molar-refractivity contribution is 6.06. The van der Waals surface area contributed by atoms with Crippen LogP contribution in [-0.4, -0.2) is 60.8 Å². The second-order valence-corrected chi connectivity index (χ2v) is 9.38. The van der Waals surface area contributed by atoms with Crippen LogP contribution >= 0.6 is 0 Å². The predicted octanol–water partition coefficient (Wildman–Crippen LogP) is 2.34. The molecule has 1 aliphatic heterocycles. The molecule has 1 N–H and O–H groups in total. The van der Waals surface area contributed by atoms with Crippen LogP contribution < -0.4 is 5.32 Å². The van der Waals surface area contributed by atoms with Crippen molar-refractivity contribution >= 4 is 34.8 Å². The first-order chi connectivity index (χ1) is 17.2. The topological polar surface area (TPSA) is 135 Å². The Labute approximate surface area is 204 Å². The smallest absolute Gasteiger partial charge is 0.303 e. The number of halogens is 1. The van der Waals surface area contributed by atoms with E-state index in [4.69, 9.17) is 14.2 Å². The fourth-order valence-corrected chi connectivity index (χ4v) is 5.71. The van der Waals surface area contributed by atoms with Gasteiger partial charge >= 0.3 is 11.9 Å². The summed E-state index contributed by atoms with van der Waals surface area (Å²) in [6, 6.07) is 8.58. The van der Waals surface area contributed by atoms with Crippen molar-refractivity contribution in [3.8, 4) is 0 Å². The number of esters is 2. The van der Waals surface area contributed by atoms with Gasteiger partial charge in [0.1, 0.15) is 18.0 Å². The lowest BCUT2D eigenvalue weighted by molar-refractivity contribution is -0.179. The molecule has 2 aliphatic carbocycles. The van der Waals surface area contributed by atoms with E-state index in [1.807, 2.05) is 0 Å². The Kier molecular flexibility index (Phi) is 4.87. The molecule has 6 rings (SSSR count). The largest absolute Gasteiger partial charge is 0.456 e. The molecule has 0 radical (unpaired) electrons. The Bertz CT molecular complexity index is 1400. The van der Waals surface area contributed by atoms with Crippen molar-refractivity contribution in [3.63, 3.8) is 0 Å². The number of hydrogen-bond acceptors (Lipinski definition) is 9. The van der Waals surface area contributed by atoms with Crippen LogP contribution in [0.1, 0.15) is 43.3 Å². The minimum atomic E-state index is -1.79. The molecule has 3 fully saturated rings. The molecule has 3 aromatic rings. The van der Waals surface area contributed by atoms with Gasteiger partial charge in [0.25, 0.3) is 5.91 Å². The van der Waals surface area contributed by atoms with Gasteiger partial charge in [-0.2, -0.15) is 0 Å². The van der Waals surface area contributed by atoms with Crippen molar-refractivity contribution in [1.29, 1.82) is 0 Å². The number of nitrogens with zero attached hydrogens (tertiary/aromatic N) is 4. The number of alkyl halides is 1. The number of benzene rings is 1. The zero-order valence-electron chi connectivity index (χ0n) is 19.4. The fourth-order valence-electron chi connectivity index (χ4n) is 5.71. The molecule has 186 valence electrons. The summed E-state index contributed by atoms with van der Waals surface area (Å²) in [5, 5.41) is 2.70. The summed E-state index contributed by atoms with van der Waals surface area (Å²) in [5.74, 6) is -1.58. The lowest BCUT2D eigenvalue weighted by Gasteiger charge is -2.32. The molecule has 0 spiro atoms. The van der Waals surface area contributed by atoms with Crippen LogP contribution in [0.3, 0.4) is 0 Å². The Morgan fingerprint density at radius 3 is 2.47 bits per heavy atom. The van der Waals surface area contributed by atoms with Gasteiger partial charge < -0.3 is 19.5 Å². The third-order valence-electron chi connectivity index (χ3n) is 7.11. The Balaban J connectivity index is 1.35. The third-order valence-corrected chi connectivity index (χ3v) is 7.11. The molecule has 3 heterocycles. The lowest BCUT2D eigenvalue weighted by atomic mass is 9.90. The fraction of sp³-hybridized carbons (Fsp3) is 0.417. The SMILES string of the molecule is CC(=O)O[C@]12C[C@H]1C[C@@]1(OC(C)=O)[C@@H]2O[C@@H](n2cnc3c(NC(=O)c4ccccc4)ncnc32)[C@H]1F. The number of anilines is 1. The Morgan fingerprint density at radius 2 is 1.75 bits per heavy atom. The number of amides is 1. The molecule has 1 saturated heterocycles.